The molecule has 110 valence electrons. The molecule has 1 aromatic carbocycles. The van der Waals surface area contributed by atoms with Crippen LogP contribution in [0.5, 0.6) is 0 Å². The summed E-state index contributed by atoms with van der Waals surface area (Å²) in [5.41, 5.74) is 7.69. The van der Waals surface area contributed by atoms with Crippen LogP contribution in [0.25, 0.3) is 0 Å². The number of aromatic nitrogens is 2. The Hall–Kier alpha value is -2.47. The van der Waals surface area contributed by atoms with Gasteiger partial charge in [-0.05, 0) is 17.5 Å². The summed E-state index contributed by atoms with van der Waals surface area (Å²) in [7, 11) is 0. The standard InChI is InChI=1S/C15H18N4O2/c1-2-10-3-5-11(6-4-10)12(9-20)19-15(21)13-14(16)18-8-7-17-13/h3-8,12,20H,2,9H2,1H3,(H2,16,18)(H,19,21). The van der Waals surface area contributed by atoms with E-state index in [0.717, 1.165) is 12.0 Å². The zero-order valence-corrected chi connectivity index (χ0v) is 11.8. The number of nitrogens with one attached hydrogen (secondary N) is 1. The van der Waals surface area contributed by atoms with Gasteiger partial charge in [0.1, 0.15) is 0 Å². The highest BCUT2D eigenvalue weighted by Gasteiger charge is 2.18. The SMILES string of the molecule is CCc1ccc(C(CO)NC(=O)c2nccnc2N)cc1. The van der Waals surface area contributed by atoms with E-state index < -0.39 is 11.9 Å². The molecule has 0 fully saturated rings. The van der Waals surface area contributed by atoms with Crippen LogP contribution in [0.3, 0.4) is 0 Å². The van der Waals surface area contributed by atoms with E-state index in [2.05, 4.69) is 22.2 Å². The average Bonchev–Trinajstić information content (AvgIpc) is 2.53. The number of amides is 1. The van der Waals surface area contributed by atoms with E-state index in [4.69, 9.17) is 5.73 Å². The number of aryl methyl sites for hydroxylation is 1. The summed E-state index contributed by atoms with van der Waals surface area (Å²) in [6.45, 7) is 1.86. The van der Waals surface area contributed by atoms with Crippen molar-refractivity contribution in [2.24, 2.45) is 0 Å². The van der Waals surface area contributed by atoms with Crippen LogP contribution in [-0.4, -0.2) is 27.6 Å². The minimum Gasteiger partial charge on any atom is -0.394 e. The lowest BCUT2D eigenvalue weighted by Crippen LogP contribution is -2.32. The summed E-state index contributed by atoms with van der Waals surface area (Å²) in [5, 5.41) is 12.2. The van der Waals surface area contributed by atoms with Gasteiger partial charge in [-0.2, -0.15) is 0 Å². The number of nitrogens with zero attached hydrogens (tertiary/aromatic N) is 2. The van der Waals surface area contributed by atoms with Gasteiger partial charge >= 0.3 is 0 Å². The van der Waals surface area contributed by atoms with Crippen molar-refractivity contribution in [2.45, 2.75) is 19.4 Å². The van der Waals surface area contributed by atoms with Crippen LogP contribution in [0.4, 0.5) is 5.82 Å². The van der Waals surface area contributed by atoms with Gasteiger partial charge < -0.3 is 16.2 Å². The van der Waals surface area contributed by atoms with Crippen molar-refractivity contribution in [3.8, 4) is 0 Å². The Morgan fingerprint density at radius 1 is 1.29 bits per heavy atom. The van der Waals surface area contributed by atoms with Crippen molar-refractivity contribution in [1.82, 2.24) is 15.3 Å². The van der Waals surface area contributed by atoms with Crippen molar-refractivity contribution in [1.29, 1.82) is 0 Å². The second kappa shape index (κ2) is 6.81. The predicted molar refractivity (Wildman–Crippen MR) is 79.6 cm³/mol. The summed E-state index contributed by atoms with van der Waals surface area (Å²) in [6.07, 6.45) is 3.75. The number of benzene rings is 1. The number of anilines is 1. The first-order valence-corrected chi connectivity index (χ1v) is 6.72. The van der Waals surface area contributed by atoms with Crippen LogP contribution in [0.2, 0.25) is 0 Å². The van der Waals surface area contributed by atoms with E-state index >= 15 is 0 Å². The second-order valence-corrected chi connectivity index (χ2v) is 4.59. The molecule has 2 aromatic rings. The first-order valence-electron chi connectivity index (χ1n) is 6.72. The van der Waals surface area contributed by atoms with Crippen molar-refractivity contribution in [3.63, 3.8) is 0 Å². The molecule has 0 spiro atoms. The van der Waals surface area contributed by atoms with E-state index in [1.165, 1.54) is 18.0 Å². The van der Waals surface area contributed by atoms with E-state index in [1.807, 2.05) is 24.3 Å². The van der Waals surface area contributed by atoms with E-state index in [-0.39, 0.29) is 18.1 Å². The van der Waals surface area contributed by atoms with Gasteiger partial charge in [-0.25, -0.2) is 9.97 Å². The van der Waals surface area contributed by atoms with Gasteiger partial charge in [0.25, 0.3) is 5.91 Å². The highest BCUT2D eigenvalue weighted by atomic mass is 16.3. The number of aliphatic hydroxyl groups is 1. The Morgan fingerprint density at radius 3 is 2.52 bits per heavy atom. The Bertz CT molecular complexity index is 613. The van der Waals surface area contributed by atoms with Crippen LogP contribution in [0.15, 0.2) is 36.7 Å². The van der Waals surface area contributed by atoms with Gasteiger partial charge in [0, 0.05) is 12.4 Å². The summed E-state index contributed by atoms with van der Waals surface area (Å²) in [5.74, 6) is -0.396. The molecule has 0 aliphatic rings. The summed E-state index contributed by atoms with van der Waals surface area (Å²) < 4.78 is 0. The third-order valence-electron chi connectivity index (χ3n) is 3.22. The number of carbonyl (C=O) groups excluding carboxylic acids is 1. The molecule has 1 unspecified atom stereocenters. The molecule has 0 bridgehead atoms. The van der Waals surface area contributed by atoms with Crippen LogP contribution >= 0.6 is 0 Å². The number of rotatable bonds is 5. The minimum atomic E-state index is -0.509. The molecule has 2 rings (SSSR count). The zero-order valence-electron chi connectivity index (χ0n) is 11.8. The number of hydrogen-bond acceptors (Lipinski definition) is 5. The molecule has 6 heteroatoms. The highest BCUT2D eigenvalue weighted by Crippen LogP contribution is 2.15. The smallest absolute Gasteiger partial charge is 0.274 e. The Kier molecular flexibility index (Phi) is 4.84. The molecule has 0 aliphatic heterocycles. The number of carbonyl (C=O) groups is 1. The van der Waals surface area contributed by atoms with Crippen molar-refractivity contribution in [3.05, 3.63) is 53.5 Å². The fraction of sp³-hybridized carbons (Fsp3) is 0.267. The Labute approximate surface area is 123 Å². The quantitative estimate of drug-likeness (QED) is 0.763. The maximum atomic E-state index is 12.1. The van der Waals surface area contributed by atoms with Gasteiger partial charge in [-0.15, -0.1) is 0 Å². The lowest BCUT2D eigenvalue weighted by molar-refractivity contribution is 0.0912. The summed E-state index contributed by atoms with van der Waals surface area (Å²) in [4.78, 5) is 19.9. The molecule has 0 saturated heterocycles. The predicted octanol–water partition coefficient (Wildman–Crippen LogP) is 1.08. The van der Waals surface area contributed by atoms with Crippen LogP contribution < -0.4 is 11.1 Å². The number of nitrogen functional groups attached to an aromatic ring is 1. The molecule has 0 saturated carbocycles. The topological polar surface area (TPSA) is 101 Å². The van der Waals surface area contributed by atoms with Crippen molar-refractivity contribution in [2.75, 3.05) is 12.3 Å². The maximum Gasteiger partial charge on any atom is 0.274 e. The van der Waals surface area contributed by atoms with E-state index in [9.17, 15) is 9.90 Å². The molecule has 1 amide bonds. The molecule has 6 nitrogen and oxygen atoms in total. The molecule has 4 N–H and O–H groups in total. The number of nitrogens with two attached hydrogens (primary N) is 1. The zero-order chi connectivity index (χ0) is 15.2. The monoisotopic (exact) mass is 286 g/mol. The molecule has 1 heterocycles. The van der Waals surface area contributed by atoms with Gasteiger partial charge in [0.05, 0.1) is 12.6 Å². The maximum absolute atomic E-state index is 12.1. The van der Waals surface area contributed by atoms with Gasteiger partial charge in [0.2, 0.25) is 0 Å². The lowest BCUT2D eigenvalue weighted by atomic mass is 10.0. The van der Waals surface area contributed by atoms with Crippen molar-refractivity contribution >= 4 is 11.7 Å². The molecular formula is C15H18N4O2. The van der Waals surface area contributed by atoms with Gasteiger partial charge in [-0.3, -0.25) is 4.79 Å². The molecule has 1 atom stereocenters. The highest BCUT2D eigenvalue weighted by molar-refractivity contribution is 5.96. The average molecular weight is 286 g/mol. The van der Waals surface area contributed by atoms with Crippen molar-refractivity contribution < 1.29 is 9.90 Å². The third-order valence-corrected chi connectivity index (χ3v) is 3.22. The van der Waals surface area contributed by atoms with Crippen LogP contribution in [0.1, 0.15) is 34.6 Å². The van der Waals surface area contributed by atoms with E-state index in [1.54, 1.807) is 0 Å². The fourth-order valence-electron chi connectivity index (χ4n) is 1.97. The third kappa shape index (κ3) is 3.55. The number of hydrogen-bond donors (Lipinski definition) is 3. The molecule has 21 heavy (non-hydrogen) atoms. The fourth-order valence-corrected chi connectivity index (χ4v) is 1.97. The van der Waals surface area contributed by atoms with Crippen LogP contribution in [0, 0.1) is 0 Å². The molecule has 0 aliphatic carbocycles. The molecule has 0 radical (unpaired) electrons. The first kappa shape index (κ1) is 14.9. The van der Waals surface area contributed by atoms with E-state index in [0.29, 0.717) is 0 Å². The molecular weight excluding hydrogens is 268 g/mol. The normalized spacial score (nSPS) is 11.9. The Balaban J connectivity index is 2.15. The second-order valence-electron chi connectivity index (χ2n) is 4.59. The largest absolute Gasteiger partial charge is 0.394 e. The first-order chi connectivity index (χ1) is 10.2. The van der Waals surface area contributed by atoms with Crippen LogP contribution in [-0.2, 0) is 6.42 Å². The van der Waals surface area contributed by atoms with Gasteiger partial charge in [-0.1, -0.05) is 31.2 Å². The minimum absolute atomic E-state index is 0.0566. The van der Waals surface area contributed by atoms with Gasteiger partial charge in [0.15, 0.2) is 11.5 Å². The lowest BCUT2D eigenvalue weighted by Gasteiger charge is -2.17. The molecule has 1 aromatic heterocycles. The summed E-state index contributed by atoms with van der Waals surface area (Å²) >= 11 is 0. The number of aliphatic hydroxyl groups excluding tert-OH is 1. The Morgan fingerprint density at radius 2 is 1.95 bits per heavy atom. The summed E-state index contributed by atoms with van der Waals surface area (Å²) in [6, 6.07) is 7.21.